The molecule has 1 aromatic rings. The van der Waals surface area contributed by atoms with Crippen molar-refractivity contribution in [2.75, 3.05) is 45.8 Å². The molecule has 6 nitrogen and oxygen atoms in total. The molecule has 1 aliphatic rings. The first-order chi connectivity index (χ1) is 12.3. The van der Waals surface area contributed by atoms with Crippen molar-refractivity contribution in [1.82, 2.24) is 15.1 Å². The first-order valence-corrected chi connectivity index (χ1v) is 11.1. The Hall–Kier alpha value is -1.38. The van der Waals surface area contributed by atoms with Gasteiger partial charge in [-0.25, -0.2) is 8.42 Å². The van der Waals surface area contributed by atoms with Crippen LogP contribution in [0.3, 0.4) is 0 Å². The van der Waals surface area contributed by atoms with Crippen LogP contribution in [-0.2, 0) is 16.4 Å². The molecule has 0 aromatic heterocycles. The highest BCUT2D eigenvalue weighted by atomic mass is 32.2. The Morgan fingerprint density at radius 1 is 1.27 bits per heavy atom. The number of ether oxygens (including phenoxy) is 1. The fourth-order valence-corrected chi connectivity index (χ4v) is 5.09. The lowest BCUT2D eigenvalue weighted by Crippen LogP contribution is -2.47. The summed E-state index contributed by atoms with van der Waals surface area (Å²) in [6.45, 7) is 2.30. The Bertz CT molecular complexity index is 690. The molecular formula is C18H29N3O3S2. The summed E-state index contributed by atoms with van der Waals surface area (Å²) < 4.78 is 28.9. The fourth-order valence-electron chi connectivity index (χ4n) is 3.05. The van der Waals surface area contributed by atoms with E-state index in [-0.39, 0.29) is 17.5 Å². The minimum Gasteiger partial charge on any atom is -0.497 e. The normalized spacial score (nSPS) is 18.7. The summed E-state index contributed by atoms with van der Waals surface area (Å²) in [6.07, 6.45) is 1.59. The number of nitrogens with one attached hydrogen (secondary N) is 1. The van der Waals surface area contributed by atoms with Crippen LogP contribution in [0.15, 0.2) is 24.3 Å². The molecular weight excluding hydrogens is 370 g/mol. The molecule has 0 aliphatic carbocycles. The highest BCUT2D eigenvalue weighted by molar-refractivity contribution is 7.91. The standard InChI is InChI=1S/C18H29N3O3S2/c1-20(2)10-4-11-21(16-9-12-26(22,23)14-16)18(25)19-13-15-5-7-17(24-3)8-6-15/h5-8,16H,4,9-14H2,1-3H3,(H,19,25)/t16-/m0/s1. The Kier molecular flexibility index (Phi) is 7.67. The largest absolute Gasteiger partial charge is 0.497 e. The molecule has 1 fully saturated rings. The van der Waals surface area contributed by atoms with Crippen molar-refractivity contribution < 1.29 is 13.2 Å². The molecule has 1 N–H and O–H groups in total. The monoisotopic (exact) mass is 399 g/mol. The van der Waals surface area contributed by atoms with Gasteiger partial charge in [0.15, 0.2) is 14.9 Å². The van der Waals surface area contributed by atoms with E-state index in [1.165, 1.54) is 0 Å². The zero-order chi connectivity index (χ0) is 19.2. The number of sulfone groups is 1. The van der Waals surface area contributed by atoms with E-state index in [0.29, 0.717) is 18.1 Å². The van der Waals surface area contributed by atoms with Crippen LogP contribution < -0.4 is 10.1 Å². The highest BCUT2D eigenvalue weighted by Crippen LogP contribution is 2.19. The lowest BCUT2D eigenvalue weighted by Gasteiger charge is -2.31. The minimum absolute atomic E-state index is 0.0296. The minimum atomic E-state index is -2.94. The van der Waals surface area contributed by atoms with Crippen LogP contribution in [0.4, 0.5) is 0 Å². The molecule has 146 valence electrons. The van der Waals surface area contributed by atoms with Gasteiger partial charge in [0.25, 0.3) is 0 Å². The maximum Gasteiger partial charge on any atom is 0.169 e. The van der Waals surface area contributed by atoms with E-state index in [0.717, 1.165) is 30.8 Å². The Labute approximate surface area is 162 Å². The van der Waals surface area contributed by atoms with Crippen LogP contribution >= 0.6 is 12.2 Å². The SMILES string of the molecule is COc1ccc(CNC(=S)N(CCCN(C)C)[C@H]2CCS(=O)(=O)C2)cc1. The Balaban J connectivity index is 1.96. The van der Waals surface area contributed by atoms with Gasteiger partial charge in [-0.3, -0.25) is 0 Å². The molecule has 2 rings (SSSR count). The van der Waals surface area contributed by atoms with Gasteiger partial charge in [0.05, 0.1) is 18.6 Å². The molecule has 0 amide bonds. The predicted molar refractivity (Wildman–Crippen MR) is 109 cm³/mol. The molecule has 0 saturated carbocycles. The number of nitrogens with zero attached hydrogens (tertiary/aromatic N) is 2. The summed E-state index contributed by atoms with van der Waals surface area (Å²) in [5.74, 6) is 1.26. The van der Waals surface area contributed by atoms with E-state index in [1.54, 1.807) is 7.11 Å². The van der Waals surface area contributed by atoms with Crippen LogP contribution in [0, 0.1) is 0 Å². The third-order valence-electron chi connectivity index (χ3n) is 4.52. The molecule has 0 spiro atoms. The van der Waals surface area contributed by atoms with Crippen molar-refractivity contribution in [3.8, 4) is 5.75 Å². The van der Waals surface area contributed by atoms with Gasteiger partial charge in [-0.05, 0) is 63.4 Å². The number of methoxy groups -OCH3 is 1. The lowest BCUT2D eigenvalue weighted by molar-refractivity contribution is 0.300. The molecule has 0 unspecified atom stereocenters. The molecule has 26 heavy (non-hydrogen) atoms. The van der Waals surface area contributed by atoms with Crippen molar-refractivity contribution in [1.29, 1.82) is 0 Å². The van der Waals surface area contributed by atoms with Crippen molar-refractivity contribution in [3.05, 3.63) is 29.8 Å². The first-order valence-electron chi connectivity index (χ1n) is 8.83. The number of rotatable bonds is 8. The quantitative estimate of drug-likeness (QED) is 0.665. The smallest absolute Gasteiger partial charge is 0.169 e. The van der Waals surface area contributed by atoms with Crippen molar-refractivity contribution in [2.24, 2.45) is 0 Å². The molecule has 1 atom stereocenters. The maximum atomic E-state index is 11.9. The zero-order valence-electron chi connectivity index (χ0n) is 15.8. The summed E-state index contributed by atoms with van der Waals surface area (Å²) in [6, 6.07) is 7.78. The number of benzene rings is 1. The maximum absolute atomic E-state index is 11.9. The van der Waals surface area contributed by atoms with E-state index >= 15 is 0 Å². The van der Waals surface area contributed by atoms with Gasteiger partial charge in [-0.1, -0.05) is 12.1 Å². The van der Waals surface area contributed by atoms with Gasteiger partial charge in [0.1, 0.15) is 5.75 Å². The van der Waals surface area contributed by atoms with Gasteiger partial charge in [-0.15, -0.1) is 0 Å². The second-order valence-corrected chi connectivity index (χ2v) is 9.53. The second kappa shape index (κ2) is 9.53. The predicted octanol–water partition coefficient (Wildman–Crippen LogP) is 1.51. The third kappa shape index (κ3) is 6.41. The molecule has 1 saturated heterocycles. The third-order valence-corrected chi connectivity index (χ3v) is 6.65. The van der Waals surface area contributed by atoms with Crippen LogP contribution in [0.1, 0.15) is 18.4 Å². The molecule has 8 heteroatoms. The van der Waals surface area contributed by atoms with Gasteiger partial charge in [0, 0.05) is 19.1 Å². The van der Waals surface area contributed by atoms with E-state index in [4.69, 9.17) is 17.0 Å². The topological polar surface area (TPSA) is 61.9 Å². The average molecular weight is 400 g/mol. The molecule has 0 radical (unpaired) electrons. The van der Waals surface area contributed by atoms with Gasteiger partial charge in [-0.2, -0.15) is 0 Å². The van der Waals surface area contributed by atoms with Crippen LogP contribution in [0.5, 0.6) is 5.75 Å². The molecule has 1 aromatic carbocycles. The average Bonchev–Trinajstić information content (AvgIpc) is 2.96. The summed E-state index contributed by atoms with van der Waals surface area (Å²) in [7, 11) is 2.76. The fraction of sp³-hybridized carbons (Fsp3) is 0.611. The summed E-state index contributed by atoms with van der Waals surface area (Å²) in [4.78, 5) is 4.18. The van der Waals surface area contributed by atoms with E-state index < -0.39 is 9.84 Å². The number of hydrogen-bond donors (Lipinski definition) is 1. The van der Waals surface area contributed by atoms with Gasteiger partial charge in [0.2, 0.25) is 0 Å². The molecule has 0 bridgehead atoms. The Morgan fingerprint density at radius 2 is 1.96 bits per heavy atom. The van der Waals surface area contributed by atoms with Crippen LogP contribution in [0.25, 0.3) is 0 Å². The first kappa shape index (κ1) is 20.9. The van der Waals surface area contributed by atoms with E-state index in [1.807, 2.05) is 38.4 Å². The number of hydrogen-bond acceptors (Lipinski definition) is 5. The zero-order valence-corrected chi connectivity index (χ0v) is 17.4. The van der Waals surface area contributed by atoms with Crippen LogP contribution in [-0.4, -0.2) is 75.2 Å². The summed E-state index contributed by atoms with van der Waals surface area (Å²) >= 11 is 5.60. The molecule has 1 heterocycles. The molecule has 1 aliphatic heterocycles. The summed E-state index contributed by atoms with van der Waals surface area (Å²) in [5, 5.41) is 3.91. The van der Waals surface area contributed by atoms with Crippen LogP contribution in [0.2, 0.25) is 0 Å². The lowest BCUT2D eigenvalue weighted by atomic mass is 10.2. The van der Waals surface area contributed by atoms with Gasteiger partial charge < -0.3 is 19.9 Å². The Morgan fingerprint density at radius 3 is 2.50 bits per heavy atom. The highest BCUT2D eigenvalue weighted by Gasteiger charge is 2.33. The van der Waals surface area contributed by atoms with E-state index in [9.17, 15) is 8.42 Å². The second-order valence-electron chi connectivity index (χ2n) is 6.91. The number of thiocarbonyl (C=S) groups is 1. The van der Waals surface area contributed by atoms with Crippen molar-refractivity contribution in [3.63, 3.8) is 0 Å². The van der Waals surface area contributed by atoms with E-state index in [2.05, 4.69) is 15.1 Å². The van der Waals surface area contributed by atoms with Gasteiger partial charge >= 0.3 is 0 Å². The van der Waals surface area contributed by atoms with Crippen molar-refractivity contribution in [2.45, 2.75) is 25.4 Å². The van der Waals surface area contributed by atoms with Crippen molar-refractivity contribution >= 4 is 27.2 Å². The summed E-state index contributed by atoms with van der Waals surface area (Å²) in [5.41, 5.74) is 1.10.